The second-order valence-electron chi connectivity index (χ2n) is 6.83. The maximum absolute atomic E-state index is 12.5. The molecule has 0 aliphatic rings. The number of hydrogen-bond donors (Lipinski definition) is 1. The first-order valence-electron chi connectivity index (χ1n) is 9.97. The number of thiazole rings is 1. The predicted octanol–water partition coefficient (Wildman–Crippen LogP) is 5.71. The second kappa shape index (κ2) is 9.72. The molecule has 156 valence electrons. The van der Waals surface area contributed by atoms with Crippen molar-refractivity contribution < 1.29 is 4.79 Å². The van der Waals surface area contributed by atoms with Crippen molar-refractivity contribution in [2.75, 3.05) is 11.1 Å². The van der Waals surface area contributed by atoms with Crippen LogP contribution in [0.2, 0.25) is 0 Å². The third kappa shape index (κ3) is 4.74. The zero-order chi connectivity index (χ0) is 20.9. The number of fused-ring (bicyclic) bond motifs is 1. The molecule has 0 bridgehead atoms. The molecule has 0 fully saturated rings. The van der Waals surface area contributed by atoms with Crippen molar-refractivity contribution in [1.82, 2.24) is 19.7 Å². The van der Waals surface area contributed by atoms with Crippen LogP contribution in [-0.2, 0) is 17.8 Å². The molecule has 1 N–H and O–H groups in total. The van der Waals surface area contributed by atoms with Gasteiger partial charge >= 0.3 is 0 Å². The summed E-state index contributed by atoms with van der Waals surface area (Å²) in [6.45, 7) is 5.14. The summed E-state index contributed by atoms with van der Waals surface area (Å²) in [6, 6.07) is 10.1. The van der Waals surface area contributed by atoms with Crippen LogP contribution in [0.5, 0.6) is 0 Å². The molecule has 3 heterocycles. The average Bonchev–Trinajstić information content (AvgIpc) is 3.45. The van der Waals surface area contributed by atoms with Gasteiger partial charge in [-0.2, -0.15) is 0 Å². The van der Waals surface area contributed by atoms with E-state index in [1.54, 1.807) is 11.3 Å². The molecule has 4 rings (SSSR count). The van der Waals surface area contributed by atoms with E-state index in [4.69, 9.17) is 0 Å². The Morgan fingerprint density at radius 3 is 2.87 bits per heavy atom. The van der Waals surface area contributed by atoms with E-state index in [1.165, 1.54) is 28.0 Å². The number of aromatic nitrogens is 4. The van der Waals surface area contributed by atoms with Crippen molar-refractivity contribution in [3.63, 3.8) is 0 Å². The minimum Gasteiger partial charge on any atom is -0.302 e. The number of para-hydroxylation sites is 1. The Bertz CT molecular complexity index is 1110. The number of rotatable bonds is 9. The summed E-state index contributed by atoms with van der Waals surface area (Å²) in [6.07, 6.45) is 3.19. The lowest BCUT2D eigenvalue weighted by molar-refractivity contribution is -0.113. The van der Waals surface area contributed by atoms with Crippen molar-refractivity contribution in [3.05, 3.63) is 40.6 Å². The largest absolute Gasteiger partial charge is 0.302 e. The molecular weight excluding hydrogens is 434 g/mol. The first-order chi connectivity index (χ1) is 14.7. The summed E-state index contributed by atoms with van der Waals surface area (Å²) in [5.41, 5.74) is 2.01. The predicted molar refractivity (Wildman–Crippen MR) is 127 cm³/mol. The molecule has 0 saturated heterocycles. The van der Waals surface area contributed by atoms with E-state index in [9.17, 15) is 4.79 Å². The molecule has 0 unspecified atom stereocenters. The van der Waals surface area contributed by atoms with Crippen LogP contribution in [0.4, 0.5) is 5.13 Å². The third-order valence-electron chi connectivity index (χ3n) is 4.45. The van der Waals surface area contributed by atoms with Crippen LogP contribution in [0, 0.1) is 0 Å². The monoisotopic (exact) mass is 457 g/mol. The Balaban J connectivity index is 1.44. The summed E-state index contributed by atoms with van der Waals surface area (Å²) in [7, 11) is 0. The molecule has 0 radical (unpaired) electrons. The molecule has 0 aliphatic heterocycles. The van der Waals surface area contributed by atoms with E-state index in [2.05, 4.69) is 50.4 Å². The first-order valence-corrected chi connectivity index (χ1v) is 12.6. The number of carbonyl (C=O) groups is 1. The molecule has 4 aromatic rings. The number of benzene rings is 1. The lowest BCUT2D eigenvalue weighted by atomic mass is 10.2. The van der Waals surface area contributed by atoms with Crippen molar-refractivity contribution in [2.24, 2.45) is 0 Å². The van der Waals surface area contributed by atoms with Crippen LogP contribution in [0.3, 0.4) is 0 Å². The number of anilines is 1. The standard InChI is InChI=1S/C21H23N5OS3/c1-3-7-15-11-14(12-28-15)19-24-25-21(26(19)10-4-2)29-13-18(27)23-20-22-16-8-5-6-9-17(16)30-20/h5-6,8-9,11-12H,3-4,7,10,13H2,1-2H3,(H,22,23,27). The van der Waals surface area contributed by atoms with Gasteiger partial charge in [-0.25, -0.2) is 4.98 Å². The highest BCUT2D eigenvalue weighted by Crippen LogP contribution is 2.29. The van der Waals surface area contributed by atoms with Gasteiger partial charge in [0.05, 0.1) is 16.0 Å². The van der Waals surface area contributed by atoms with Crippen LogP contribution in [-0.4, -0.2) is 31.4 Å². The molecule has 1 amide bonds. The lowest BCUT2D eigenvalue weighted by Crippen LogP contribution is -2.14. The smallest absolute Gasteiger partial charge is 0.236 e. The Morgan fingerprint density at radius 1 is 1.20 bits per heavy atom. The van der Waals surface area contributed by atoms with Gasteiger partial charge in [-0.05, 0) is 31.0 Å². The fourth-order valence-corrected chi connectivity index (χ4v) is 5.74. The number of nitrogens with zero attached hydrogens (tertiary/aromatic N) is 4. The Labute approximate surface area is 187 Å². The lowest BCUT2D eigenvalue weighted by Gasteiger charge is -2.07. The first kappa shape index (κ1) is 21.0. The average molecular weight is 458 g/mol. The second-order valence-corrected chi connectivity index (χ2v) is 9.80. The molecule has 0 atom stereocenters. The van der Waals surface area contributed by atoms with Crippen molar-refractivity contribution >= 4 is 55.7 Å². The topological polar surface area (TPSA) is 72.7 Å². The van der Waals surface area contributed by atoms with Crippen LogP contribution in [0.15, 0.2) is 40.9 Å². The van der Waals surface area contributed by atoms with E-state index in [1.807, 2.05) is 24.3 Å². The van der Waals surface area contributed by atoms with Gasteiger partial charge in [-0.15, -0.1) is 21.5 Å². The molecular formula is C21H23N5OS3. The summed E-state index contributed by atoms with van der Waals surface area (Å²) < 4.78 is 3.18. The van der Waals surface area contributed by atoms with Gasteiger partial charge in [0, 0.05) is 22.4 Å². The number of aryl methyl sites for hydroxylation is 1. The van der Waals surface area contributed by atoms with Gasteiger partial charge in [0.15, 0.2) is 16.1 Å². The number of nitrogens with one attached hydrogen (secondary N) is 1. The highest BCUT2D eigenvalue weighted by Gasteiger charge is 2.17. The normalized spacial score (nSPS) is 11.3. The molecule has 1 aromatic carbocycles. The summed E-state index contributed by atoms with van der Waals surface area (Å²) in [5, 5.41) is 15.2. The van der Waals surface area contributed by atoms with E-state index in [-0.39, 0.29) is 11.7 Å². The maximum atomic E-state index is 12.5. The number of thioether (sulfide) groups is 1. The van der Waals surface area contributed by atoms with E-state index in [0.717, 1.165) is 52.6 Å². The zero-order valence-corrected chi connectivity index (χ0v) is 19.4. The SMILES string of the molecule is CCCc1cc(-c2nnc(SCC(=O)Nc3nc4ccccc4s3)n2CCC)cs1. The summed E-state index contributed by atoms with van der Waals surface area (Å²) in [4.78, 5) is 18.3. The van der Waals surface area contributed by atoms with Gasteiger partial charge in [0.2, 0.25) is 5.91 Å². The van der Waals surface area contributed by atoms with Crippen molar-refractivity contribution in [2.45, 2.75) is 44.8 Å². The molecule has 9 heteroatoms. The van der Waals surface area contributed by atoms with Gasteiger partial charge in [-0.3, -0.25) is 4.79 Å². The van der Waals surface area contributed by atoms with E-state index in [0.29, 0.717) is 5.13 Å². The van der Waals surface area contributed by atoms with Crippen LogP contribution < -0.4 is 5.32 Å². The molecule has 0 saturated carbocycles. The fourth-order valence-electron chi connectivity index (χ4n) is 3.12. The molecule has 30 heavy (non-hydrogen) atoms. The fraction of sp³-hybridized carbons (Fsp3) is 0.333. The van der Waals surface area contributed by atoms with Crippen molar-refractivity contribution in [3.8, 4) is 11.4 Å². The molecule has 6 nitrogen and oxygen atoms in total. The number of amides is 1. The highest BCUT2D eigenvalue weighted by molar-refractivity contribution is 7.99. The molecule has 3 aromatic heterocycles. The Hall–Kier alpha value is -2.23. The molecule has 0 spiro atoms. The Kier molecular flexibility index (Phi) is 6.81. The maximum Gasteiger partial charge on any atom is 0.236 e. The summed E-state index contributed by atoms with van der Waals surface area (Å²) >= 11 is 4.66. The minimum absolute atomic E-state index is 0.0904. The quantitative estimate of drug-likeness (QED) is 0.326. The highest BCUT2D eigenvalue weighted by atomic mass is 32.2. The zero-order valence-electron chi connectivity index (χ0n) is 16.9. The van der Waals surface area contributed by atoms with Gasteiger partial charge in [-0.1, -0.05) is 55.5 Å². The number of carbonyl (C=O) groups excluding carboxylic acids is 1. The van der Waals surface area contributed by atoms with E-state index >= 15 is 0 Å². The molecule has 0 aliphatic carbocycles. The number of thiophene rings is 1. The minimum atomic E-state index is -0.0904. The number of hydrogen-bond acceptors (Lipinski definition) is 7. The van der Waals surface area contributed by atoms with Gasteiger partial charge < -0.3 is 9.88 Å². The van der Waals surface area contributed by atoms with Crippen LogP contribution in [0.25, 0.3) is 21.6 Å². The Morgan fingerprint density at radius 2 is 2.07 bits per heavy atom. The van der Waals surface area contributed by atoms with Gasteiger partial charge in [0.1, 0.15) is 0 Å². The van der Waals surface area contributed by atoms with Crippen LogP contribution >= 0.6 is 34.4 Å². The van der Waals surface area contributed by atoms with Gasteiger partial charge in [0.25, 0.3) is 0 Å². The summed E-state index contributed by atoms with van der Waals surface area (Å²) in [5.74, 6) is 1.06. The van der Waals surface area contributed by atoms with E-state index < -0.39 is 0 Å². The van der Waals surface area contributed by atoms with Crippen molar-refractivity contribution in [1.29, 1.82) is 0 Å². The van der Waals surface area contributed by atoms with Crippen LogP contribution in [0.1, 0.15) is 31.6 Å². The third-order valence-corrected chi connectivity index (χ3v) is 7.36.